The van der Waals surface area contributed by atoms with Gasteiger partial charge in [-0.1, -0.05) is 0 Å². The number of aryl methyl sites for hydroxylation is 1. The number of amides is 1. The van der Waals surface area contributed by atoms with Crippen molar-refractivity contribution in [2.75, 3.05) is 13.1 Å². The van der Waals surface area contributed by atoms with E-state index in [4.69, 9.17) is 5.26 Å². The molecular weight excluding hydrogens is 345 g/mol. The molecule has 0 N–H and O–H groups in total. The average molecular weight is 363 g/mol. The van der Waals surface area contributed by atoms with Crippen molar-refractivity contribution in [2.24, 2.45) is 5.92 Å². The van der Waals surface area contributed by atoms with E-state index < -0.39 is 0 Å². The van der Waals surface area contributed by atoms with Gasteiger partial charge in [-0.05, 0) is 55.7 Å². The maximum Gasteiger partial charge on any atom is 0.274 e. The Labute approximate surface area is 155 Å². The molecular formula is C20H18FN5O. The first-order chi connectivity index (χ1) is 13.0. The highest BCUT2D eigenvalue weighted by atomic mass is 19.1. The summed E-state index contributed by atoms with van der Waals surface area (Å²) in [6.07, 6.45) is 3.03. The number of nitrogens with zero attached hydrogens (tertiary/aromatic N) is 5. The molecule has 1 fully saturated rings. The summed E-state index contributed by atoms with van der Waals surface area (Å²) in [6.45, 7) is 3.04. The van der Waals surface area contributed by atoms with Gasteiger partial charge in [-0.3, -0.25) is 4.79 Å². The first-order valence-electron chi connectivity index (χ1n) is 8.87. The van der Waals surface area contributed by atoms with Gasteiger partial charge in [0.05, 0.1) is 18.0 Å². The number of fused-ring (bicyclic) bond motifs is 1. The summed E-state index contributed by atoms with van der Waals surface area (Å²) in [5.74, 6) is -0.413. The van der Waals surface area contributed by atoms with E-state index in [9.17, 15) is 9.18 Å². The van der Waals surface area contributed by atoms with Gasteiger partial charge in [-0.25, -0.2) is 13.9 Å². The lowest BCUT2D eigenvalue weighted by Crippen LogP contribution is -2.38. The van der Waals surface area contributed by atoms with Crippen LogP contribution < -0.4 is 0 Å². The van der Waals surface area contributed by atoms with Gasteiger partial charge in [0, 0.05) is 24.6 Å². The average Bonchev–Trinajstić information content (AvgIpc) is 3.13. The number of aromatic nitrogens is 3. The Balaban J connectivity index is 1.64. The van der Waals surface area contributed by atoms with E-state index in [2.05, 4.69) is 16.2 Å². The first-order valence-corrected chi connectivity index (χ1v) is 8.87. The molecule has 0 atom stereocenters. The summed E-state index contributed by atoms with van der Waals surface area (Å²) in [5, 5.41) is 13.5. The number of imidazole rings is 1. The minimum Gasteiger partial charge on any atom is -0.337 e. The van der Waals surface area contributed by atoms with Gasteiger partial charge in [0.15, 0.2) is 5.65 Å². The fourth-order valence-corrected chi connectivity index (χ4v) is 3.37. The van der Waals surface area contributed by atoms with Crippen LogP contribution in [0.15, 0.2) is 36.5 Å². The van der Waals surface area contributed by atoms with Crippen LogP contribution in [-0.4, -0.2) is 38.5 Å². The minimum atomic E-state index is -0.299. The predicted octanol–water partition coefficient (Wildman–Crippen LogP) is 3.22. The summed E-state index contributed by atoms with van der Waals surface area (Å²) in [4.78, 5) is 19.0. The number of halogens is 1. The van der Waals surface area contributed by atoms with Gasteiger partial charge >= 0.3 is 0 Å². The molecule has 6 nitrogen and oxygen atoms in total. The number of rotatable bonds is 2. The molecule has 2 aromatic heterocycles. The van der Waals surface area contributed by atoms with E-state index in [0.717, 1.165) is 11.1 Å². The van der Waals surface area contributed by atoms with Gasteiger partial charge in [0.25, 0.3) is 5.91 Å². The number of likely N-dealkylation sites (tertiary alicyclic amines) is 1. The fraction of sp³-hybridized carbons (Fsp3) is 0.300. The Bertz CT molecular complexity index is 1040. The summed E-state index contributed by atoms with van der Waals surface area (Å²) in [7, 11) is 0. The van der Waals surface area contributed by atoms with E-state index in [1.807, 2.05) is 13.0 Å². The molecule has 27 heavy (non-hydrogen) atoms. The largest absolute Gasteiger partial charge is 0.337 e. The second-order valence-electron chi connectivity index (χ2n) is 6.81. The zero-order chi connectivity index (χ0) is 19.0. The number of piperidine rings is 1. The van der Waals surface area contributed by atoms with Crippen molar-refractivity contribution in [1.29, 1.82) is 5.26 Å². The Hall–Kier alpha value is -3.27. The van der Waals surface area contributed by atoms with E-state index in [1.54, 1.807) is 27.7 Å². The number of benzene rings is 1. The second-order valence-corrected chi connectivity index (χ2v) is 6.81. The third-order valence-electron chi connectivity index (χ3n) is 4.93. The number of hydrogen-bond donors (Lipinski definition) is 0. The normalized spacial score (nSPS) is 15.1. The maximum absolute atomic E-state index is 13.2. The van der Waals surface area contributed by atoms with Crippen molar-refractivity contribution >= 4 is 11.6 Å². The van der Waals surface area contributed by atoms with Crippen LogP contribution >= 0.6 is 0 Å². The Kier molecular flexibility index (Phi) is 4.32. The molecule has 4 rings (SSSR count). The van der Waals surface area contributed by atoms with Crippen LogP contribution in [0.3, 0.4) is 0 Å². The molecule has 1 aliphatic heterocycles. The molecule has 1 amide bonds. The Morgan fingerprint density at radius 1 is 1.26 bits per heavy atom. The van der Waals surface area contributed by atoms with Crippen molar-refractivity contribution in [3.05, 3.63) is 53.6 Å². The number of hydrogen-bond acceptors (Lipinski definition) is 4. The standard InChI is InChI=1S/C20H18FN5O/c1-13-10-17(15-2-4-16(21)5-3-15)24-26-12-18(23-19(13)26)20(27)25-8-6-14(11-22)7-9-25/h2-5,10,12,14H,6-9H2,1H3. The van der Waals surface area contributed by atoms with E-state index in [-0.39, 0.29) is 17.6 Å². The van der Waals surface area contributed by atoms with Crippen LogP contribution in [0.2, 0.25) is 0 Å². The quantitative estimate of drug-likeness (QED) is 0.701. The SMILES string of the molecule is Cc1cc(-c2ccc(F)cc2)nn2cc(C(=O)N3CCC(C#N)CC3)nc12. The lowest BCUT2D eigenvalue weighted by molar-refractivity contribution is 0.0702. The lowest BCUT2D eigenvalue weighted by atomic mass is 9.98. The smallest absolute Gasteiger partial charge is 0.274 e. The Morgan fingerprint density at radius 2 is 1.96 bits per heavy atom. The molecule has 3 heterocycles. The molecule has 0 aliphatic carbocycles. The van der Waals surface area contributed by atoms with Crippen molar-refractivity contribution in [2.45, 2.75) is 19.8 Å². The van der Waals surface area contributed by atoms with Gasteiger partial charge in [-0.2, -0.15) is 10.4 Å². The number of nitriles is 1. The molecule has 0 bridgehead atoms. The maximum atomic E-state index is 13.2. The molecule has 3 aromatic rings. The molecule has 1 aromatic carbocycles. The van der Waals surface area contributed by atoms with Crippen LogP contribution in [0.1, 0.15) is 28.9 Å². The monoisotopic (exact) mass is 363 g/mol. The summed E-state index contributed by atoms with van der Waals surface area (Å²) < 4.78 is 14.8. The molecule has 1 saturated heterocycles. The topological polar surface area (TPSA) is 74.3 Å². The van der Waals surface area contributed by atoms with Crippen molar-refractivity contribution in [3.63, 3.8) is 0 Å². The zero-order valence-corrected chi connectivity index (χ0v) is 14.9. The fourth-order valence-electron chi connectivity index (χ4n) is 3.37. The highest BCUT2D eigenvalue weighted by Crippen LogP contribution is 2.22. The summed E-state index contributed by atoms with van der Waals surface area (Å²) in [6, 6.07) is 10.3. The van der Waals surface area contributed by atoms with Crippen LogP contribution in [0.25, 0.3) is 16.9 Å². The van der Waals surface area contributed by atoms with Gasteiger partial charge < -0.3 is 4.90 Å². The zero-order valence-electron chi connectivity index (χ0n) is 14.9. The highest BCUT2D eigenvalue weighted by molar-refractivity contribution is 5.93. The minimum absolute atomic E-state index is 0.0253. The van der Waals surface area contributed by atoms with Crippen LogP contribution in [0, 0.1) is 30.0 Å². The van der Waals surface area contributed by atoms with E-state index in [1.165, 1.54) is 12.1 Å². The third kappa shape index (κ3) is 3.26. The summed E-state index contributed by atoms with van der Waals surface area (Å²) in [5.41, 5.74) is 3.33. The van der Waals surface area contributed by atoms with E-state index in [0.29, 0.717) is 43.0 Å². The molecule has 0 unspecified atom stereocenters. The van der Waals surface area contributed by atoms with Gasteiger partial charge in [0.2, 0.25) is 0 Å². The molecule has 0 radical (unpaired) electrons. The van der Waals surface area contributed by atoms with E-state index >= 15 is 0 Å². The number of carbonyl (C=O) groups excluding carboxylic acids is 1. The third-order valence-corrected chi connectivity index (χ3v) is 4.93. The van der Waals surface area contributed by atoms with Gasteiger partial charge in [-0.15, -0.1) is 0 Å². The highest BCUT2D eigenvalue weighted by Gasteiger charge is 2.25. The van der Waals surface area contributed by atoms with Crippen LogP contribution in [0.4, 0.5) is 4.39 Å². The molecule has 7 heteroatoms. The predicted molar refractivity (Wildman–Crippen MR) is 97.4 cm³/mol. The van der Waals surface area contributed by atoms with Gasteiger partial charge in [0.1, 0.15) is 11.5 Å². The van der Waals surface area contributed by atoms with Crippen molar-refractivity contribution in [1.82, 2.24) is 19.5 Å². The molecule has 136 valence electrons. The molecule has 0 spiro atoms. The Morgan fingerprint density at radius 3 is 2.63 bits per heavy atom. The second kappa shape index (κ2) is 6.80. The first kappa shape index (κ1) is 17.2. The number of carbonyl (C=O) groups is 1. The molecule has 1 aliphatic rings. The van der Waals surface area contributed by atoms with Crippen molar-refractivity contribution < 1.29 is 9.18 Å². The summed E-state index contributed by atoms with van der Waals surface area (Å²) >= 11 is 0. The van der Waals surface area contributed by atoms with Crippen LogP contribution in [-0.2, 0) is 0 Å². The van der Waals surface area contributed by atoms with Crippen molar-refractivity contribution in [3.8, 4) is 17.3 Å². The molecule has 0 saturated carbocycles. The van der Waals surface area contributed by atoms with Crippen LogP contribution in [0.5, 0.6) is 0 Å². The lowest BCUT2D eigenvalue weighted by Gasteiger charge is -2.28.